The van der Waals surface area contributed by atoms with Gasteiger partial charge in [0.15, 0.2) is 0 Å². The van der Waals surface area contributed by atoms with Crippen LogP contribution in [-0.2, 0) is 4.74 Å². The highest BCUT2D eigenvalue weighted by molar-refractivity contribution is 4.83. The molecule has 1 heterocycles. The van der Waals surface area contributed by atoms with Crippen molar-refractivity contribution in [3.63, 3.8) is 0 Å². The van der Waals surface area contributed by atoms with E-state index in [1.54, 1.807) is 0 Å². The maximum Gasteiger partial charge on any atom is 0.0674 e. The summed E-state index contributed by atoms with van der Waals surface area (Å²) in [5, 5.41) is 0. The Bertz CT molecular complexity index is 194. The summed E-state index contributed by atoms with van der Waals surface area (Å²) in [5.74, 6) is 0. The van der Waals surface area contributed by atoms with Crippen LogP contribution in [0.5, 0.6) is 0 Å². The number of morpholine rings is 1. The minimum atomic E-state index is 0.213. The number of nitrogens with zero attached hydrogens (tertiary/aromatic N) is 1. The molecule has 0 saturated carbocycles. The third kappa shape index (κ3) is 3.74. The first-order valence-electron chi connectivity index (χ1n) is 6.04. The van der Waals surface area contributed by atoms with Crippen LogP contribution in [0.1, 0.15) is 34.1 Å². The summed E-state index contributed by atoms with van der Waals surface area (Å²) in [6.45, 7) is 12.6. The van der Waals surface area contributed by atoms with Crippen LogP contribution < -0.4 is 5.73 Å². The van der Waals surface area contributed by atoms with Crippen LogP contribution in [0.3, 0.4) is 0 Å². The maximum atomic E-state index is 5.79. The molecule has 3 nitrogen and oxygen atoms in total. The summed E-state index contributed by atoms with van der Waals surface area (Å²) in [6, 6.07) is 0.576. The molecule has 2 unspecified atom stereocenters. The van der Waals surface area contributed by atoms with Gasteiger partial charge in [-0.05, 0) is 25.3 Å². The van der Waals surface area contributed by atoms with Gasteiger partial charge in [0.1, 0.15) is 0 Å². The molecular weight excluding hydrogens is 188 g/mol. The fraction of sp³-hybridized carbons (Fsp3) is 1.00. The number of rotatable bonds is 4. The van der Waals surface area contributed by atoms with Crippen LogP contribution in [0.4, 0.5) is 0 Å². The lowest BCUT2D eigenvalue weighted by Crippen LogP contribution is -2.52. The standard InChI is InChI=1S/C12H26N2O/c1-5-11-7-15-10(2)6-14(11)9-12(3,4)8-13/h10-11H,5-9,13H2,1-4H3. The quantitative estimate of drug-likeness (QED) is 0.770. The molecule has 1 aliphatic rings. The molecule has 0 aromatic carbocycles. The van der Waals surface area contributed by atoms with E-state index in [0.29, 0.717) is 12.1 Å². The number of ether oxygens (including phenoxy) is 1. The molecule has 1 fully saturated rings. The molecule has 0 aromatic rings. The van der Waals surface area contributed by atoms with Crippen molar-refractivity contribution >= 4 is 0 Å². The Balaban J connectivity index is 2.55. The van der Waals surface area contributed by atoms with Gasteiger partial charge in [-0.25, -0.2) is 0 Å². The average molecular weight is 214 g/mol. The highest BCUT2D eigenvalue weighted by atomic mass is 16.5. The molecule has 3 heteroatoms. The van der Waals surface area contributed by atoms with Gasteiger partial charge in [-0.3, -0.25) is 4.90 Å². The molecule has 15 heavy (non-hydrogen) atoms. The normalized spacial score (nSPS) is 29.4. The largest absolute Gasteiger partial charge is 0.376 e. The predicted octanol–water partition coefficient (Wildman–Crippen LogP) is 1.47. The Morgan fingerprint density at radius 2 is 2.13 bits per heavy atom. The third-order valence-electron chi connectivity index (χ3n) is 3.24. The van der Waals surface area contributed by atoms with Gasteiger partial charge < -0.3 is 10.5 Å². The second-order valence-corrected chi connectivity index (χ2v) is 5.50. The molecule has 1 aliphatic heterocycles. The van der Waals surface area contributed by atoms with Crippen LogP contribution in [0.15, 0.2) is 0 Å². The lowest BCUT2D eigenvalue weighted by atomic mass is 9.91. The van der Waals surface area contributed by atoms with E-state index in [4.69, 9.17) is 10.5 Å². The van der Waals surface area contributed by atoms with Crippen LogP contribution >= 0.6 is 0 Å². The molecule has 0 aliphatic carbocycles. The Kier molecular flexibility index (Phi) is 4.56. The SMILES string of the molecule is CCC1COC(C)CN1CC(C)(C)CN. The average Bonchev–Trinajstić information content (AvgIpc) is 2.18. The fourth-order valence-electron chi connectivity index (χ4n) is 2.10. The maximum absolute atomic E-state index is 5.79. The molecule has 2 atom stereocenters. The van der Waals surface area contributed by atoms with Crippen molar-refractivity contribution < 1.29 is 4.74 Å². The van der Waals surface area contributed by atoms with E-state index in [0.717, 1.165) is 32.7 Å². The summed E-state index contributed by atoms with van der Waals surface area (Å²) in [6.07, 6.45) is 1.52. The van der Waals surface area contributed by atoms with E-state index in [1.807, 2.05) is 0 Å². The molecule has 1 rings (SSSR count). The molecular formula is C12H26N2O. The van der Waals surface area contributed by atoms with Gasteiger partial charge in [-0.1, -0.05) is 20.8 Å². The first-order chi connectivity index (χ1) is 6.98. The zero-order valence-corrected chi connectivity index (χ0v) is 10.6. The zero-order valence-electron chi connectivity index (χ0n) is 10.6. The molecule has 1 saturated heterocycles. The third-order valence-corrected chi connectivity index (χ3v) is 3.24. The van der Waals surface area contributed by atoms with Crippen molar-refractivity contribution in [1.82, 2.24) is 4.90 Å². The number of hydrogen-bond donors (Lipinski definition) is 1. The van der Waals surface area contributed by atoms with Crippen molar-refractivity contribution in [2.75, 3.05) is 26.2 Å². The lowest BCUT2D eigenvalue weighted by Gasteiger charge is -2.42. The van der Waals surface area contributed by atoms with Crippen LogP contribution in [0, 0.1) is 5.41 Å². The van der Waals surface area contributed by atoms with Gasteiger partial charge in [-0.2, -0.15) is 0 Å². The summed E-state index contributed by atoms with van der Waals surface area (Å²) < 4.78 is 5.69. The van der Waals surface area contributed by atoms with Gasteiger partial charge in [0.25, 0.3) is 0 Å². The number of nitrogens with two attached hydrogens (primary N) is 1. The Morgan fingerprint density at radius 3 is 2.67 bits per heavy atom. The monoisotopic (exact) mass is 214 g/mol. The predicted molar refractivity (Wildman–Crippen MR) is 63.9 cm³/mol. The second-order valence-electron chi connectivity index (χ2n) is 5.50. The van der Waals surface area contributed by atoms with E-state index in [-0.39, 0.29) is 5.41 Å². The Labute approximate surface area is 94.0 Å². The molecule has 90 valence electrons. The van der Waals surface area contributed by atoms with Crippen LogP contribution in [0.2, 0.25) is 0 Å². The van der Waals surface area contributed by atoms with Crippen molar-refractivity contribution in [2.24, 2.45) is 11.1 Å². The summed E-state index contributed by atoms with van der Waals surface area (Å²) in [4.78, 5) is 2.54. The van der Waals surface area contributed by atoms with E-state index >= 15 is 0 Å². The smallest absolute Gasteiger partial charge is 0.0674 e. The van der Waals surface area contributed by atoms with Gasteiger partial charge >= 0.3 is 0 Å². The molecule has 0 radical (unpaired) electrons. The highest BCUT2D eigenvalue weighted by Gasteiger charge is 2.29. The summed E-state index contributed by atoms with van der Waals surface area (Å²) in [7, 11) is 0. The van der Waals surface area contributed by atoms with Gasteiger partial charge in [-0.15, -0.1) is 0 Å². The summed E-state index contributed by atoms with van der Waals surface area (Å²) in [5.41, 5.74) is 6.00. The molecule has 0 amide bonds. The van der Waals surface area contributed by atoms with Crippen molar-refractivity contribution in [3.8, 4) is 0 Å². The van der Waals surface area contributed by atoms with Crippen molar-refractivity contribution in [1.29, 1.82) is 0 Å². The number of hydrogen-bond acceptors (Lipinski definition) is 3. The van der Waals surface area contributed by atoms with Crippen molar-refractivity contribution in [3.05, 3.63) is 0 Å². The Hall–Kier alpha value is -0.120. The van der Waals surface area contributed by atoms with Gasteiger partial charge in [0.05, 0.1) is 12.7 Å². The van der Waals surface area contributed by atoms with Crippen LogP contribution in [0.25, 0.3) is 0 Å². The van der Waals surface area contributed by atoms with Crippen molar-refractivity contribution in [2.45, 2.75) is 46.3 Å². The Morgan fingerprint density at radius 1 is 1.47 bits per heavy atom. The minimum Gasteiger partial charge on any atom is -0.376 e. The molecule has 2 N–H and O–H groups in total. The highest BCUT2D eigenvalue weighted by Crippen LogP contribution is 2.21. The van der Waals surface area contributed by atoms with Crippen LogP contribution in [-0.4, -0.2) is 43.3 Å². The minimum absolute atomic E-state index is 0.213. The molecule has 0 aromatic heterocycles. The lowest BCUT2D eigenvalue weighted by molar-refractivity contribution is -0.0658. The fourth-order valence-corrected chi connectivity index (χ4v) is 2.10. The second kappa shape index (κ2) is 5.28. The van der Waals surface area contributed by atoms with E-state index in [9.17, 15) is 0 Å². The van der Waals surface area contributed by atoms with E-state index in [2.05, 4.69) is 32.6 Å². The van der Waals surface area contributed by atoms with Gasteiger partial charge in [0.2, 0.25) is 0 Å². The first-order valence-corrected chi connectivity index (χ1v) is 6.04. The summed E-state index contributed by atoms with van der Waals surface area (Å²) >= 11 is 0. The molecule has 0 spiro atoms. The topological polar surface area (TPSA) is 38.5 Å². The zero-order chi connectivity index (χ0) is 11.5. The first kappa shape index (κ1) is 12.9. The van der Waals surface area contributed by atoms with E-state index < -0.39 is 0 Å². The van der Waals surface area contributed by atoms with Gasteiger partial charge in [0, 0.05) is 19.1 Å². The van der Waals surface area contributed by atoms with E-state index in [1.165, 1.54) is 0 Å². The molecule has 0 bridgehead atoms.